The number of Topliss-reactive ketones (excluding diaryl/α,β-unsaturated/α-hetero) is 1. The Labute approximate surface area is 149 Å². The molecule has 4 heteroatoms. The summed E-state index contributed by atoms with van der Waals surface area (Å²) in [5.74, 6) is 0.618. The Morgan fingerprint density at radius 1 is 1.24 bits per heavy atom. The van der Waals surface area contributed by atoms with Crippen LogP contribution < -0.4 is 5.73 Å². The Morgan fingerprint density at radius 3 is 2.64 bits per heavy atom. The van der Waals surface area contributed by atoms with Crippen LogP contribution >= 0.6 is 0 Å². The van der Waals surface area contributed by atoms with E-state index in [0.717, 1.165) is 30.4 Å². The first-order valence-electron chi connectivity index (χ1n) is 9.42. The van der Waals surface area contributed by atoms with Crippen molar-refractivity contribution in [2.24, 2.45) is 27.9 Å². The molecule has 0 bridgehead atoms. The van der Waals surface area contributed by atoms with Gasteiger partial charge in [0.1, 0.15) is 5.78 Å². The average Bonchev–Trinajstić information content (AvgIpc) is 2.81. The van der Waals surface area contributed by atoms with Crippen molar-refractivity contribution >= 4 is 17.8 Å². The molecule has 4 nitrogen and oxygen atoms in total. The number of rotatable bonds is 1. The minimum Gasteiger partial charge on any atom is -0.323 e. The molecule has 0 aromatic carbocycles. The number of hydrogen-bond acceptors (Lipinski definition) is 4. The van der Waals surface area contributed by atoms with Crippen LogP contribution in [0.1, 0.15) is 58.8 Å². The van der Waals surface area contributed by atoms with Crippen LogP contribution in [0, 0.1) is 27.6 Å². The first kappa shape index (κ1) is 16.9. The van der Waals surface area contributed by atoms with E-state index in [1.54, 1.807) is 12.3 Å². The van der Waals surface area contributed by atoms with Crippen LogP contribution in [-0.4, -0.2) is 23.3 Å². The van der Waals surface area contributed by atoms with Crippen molar-refractivity contribution in [1.29, 1.82) is 5.41 Å². The summed E-state index contributed by atoms with van der Waals surface area (Å²) >= 11 is 0. The second-order valence-electron chi connectivity index (χ2n) is 9.22. The summed E-state index contributed by atoms with van der Waals surface area (Å²) in [6, 6.07) is 0. The number of carbonyl (C=O) groups excluding carboxylic acids is 2. The van der Waals surface area contributed by atoms with Gasteiger partial charge in [0.2, 0.25) is 0 Å². The molecule has 134 valence electrons. The molecule has 4 aliphatic carbocycles. The number of ketones is 2. The van der Waals surface area contributed by atoms with Crippen molar-refractivity contribution in [2.45, 2.75) is 64.3 Å². The van der Waals surface area contributed by atoms with Gasteiger partial charge in [0.25, 0.3) is 0 Å². The number of allylic oxidation sites excluding steroid dienone is 2. The highest BCUT2D eigenvalue weighted by atomic mass is 16.1. The second-order valence-corrected chi connectivity index (χ2v) is 9.22. The molecule has 3 saturated carbocycles. The van der Waals surface area contributed by atoms with Crippen LogP contribution in [0.15, 0.2) is 23.8 Å². The lowest BCUT2D eigenvalue weighted by Gasteiger charge is -2.66. The number of carbonyl (C=O) groups is 2. The molecular weight excluding hydrogens is 312 g/mol. The maximum Gasteiger partial charge on any atom is 0.156 e. The van der Waals surface area contributed by atoms with Gasteiger partial charge in [-0.15, -0.1) is 0 Å². The van der Waals surface area contributed by atoms with Gasteiger partial charge < -0.3 is 11.1 Å². The predicted molar refractivity (Wildman–Crippen MR) is 97.4 cm³/mol. The van der Waals surface area contributed by atoms with Gasteiger partial charge in [-0.3, -0.25) is 9.59 Å². The maximum atomic E-state index is 12.7. The minimum atomic E-state index is -0.694. The summed E-state index contributed by atoms with van der Waals surface area (Å²) in [7, 11) is 0. The third kappa shape index (κ3) is 1.69. The molecule has 4 aliphatic rings. The summed E-state index contributed by atoms with van der Waals surface area (Å²) in [6.07, 6.45) is 8.10. The molecule has 2 unspecified atom stereocenters. The smallest absolute Gasteiger partial charge is 0.156 e. The molecule has 0 heterocycles. The zero-order chi connectivity index (χ0) is 18.3. The van der Waals surface area contributed by atoms with Crippen LogP contribution in [0.5, 0.6) is 0 Å². The fourth-order valence-electron chi connectivity index (χ4n) is 6.90. The molecule has 0 aromatic heterocycles. The number of fused-ring (bicyclic) bond motifs is 5. The third-order valence-corrected chi connectivity index (χ3v) is 8.46. The molecule has 0 amide bonds. The molecule has 25 heavy (non-hydrogen) atoms. The molecule has 3 fully saturated rings. The maximum absolute atomic E-state index is 12.7. The van der Waals surface area contributed by atoms with E-state index in [-0.39, 0.29) is 22.9 Å². The van der Waals surface area contributed by atoms with Gasteiger partial charge in [-0.1, -0.05) is 26.0 Å². The predicted octanol–water partition coefficient (Wildman–Crippen LogP) is 3.35. The van der Waals surface area contributed by atoms with Crippen molar-refractivity contribution in [3.63, 3.8) is 0 Å². The first-order chi connectivity index (χ1) is 11.6. The van der Waals surface area contributed by atoms with Crippen molar-refractivity contribution < 1.29 is 9.59 Å². The Morgan fingerprint density at radius 2 is 1.96 bits per heavy atom. The molecule has 0 spiro atoms. The monoisotopic (exact) mass is 340 g/mol. The number of nitrogens with one attached hydrogen (secondary N) is 1. The van der Waals surface area contributed by atoms with E-state index >= 15 is 0 Å². The number of nitrogens with two attached hydrogens (primary N) is 1. The fraction of sp³-hybridized carbons (Fsp3) is 0.667. The van der Waals surface area contributed by atoms with Crippen LogP contribution in [-0.2, 0) is 9.59 Å². The van der Waals surface area contributed by atoms with Gasteiger partial charge in [-0.05, 0) is 55.1 Å². The van der Waals surface area contributed by atoms with Crippen LogP contribution in [0.4, 0.5) is 0 Å². The molecule has 0 aromatic rings. The Kier molecular flexibility index (Phi) is 3.24. The second kappa shape index (κ2) is 4.79. The normalized spacial score (nSPS) is 49.2. The molecular formula is C21H28N2O2. The molecule has 0 saturated heterocycles. The van der Waals surface area contributed by atoms with Crippen LogP contribution in [0.2, 0.25) is 0 Å². The van der Waals surface area contributed by atoms with Crippen molar-refractivity contribution in [2.75, 3.05) is 0 Å². The largest absolute Gasteiger partial charge is 0.323 e. The van der Waals surface area contributed by atoms with Crippen molar-refractivity contribution in [3.8, 4) is 0 Å². The van der Waals surface area contributed by atoms with E-state index in [1.807, 2.05) is 6.92 Å². The third-order valence-electron chi connectivity index (χ3n) is 8.46. The van der Waals surface area contributed by atoms with E-state index in [9.17, 15) is 9.59 Å². The van der Waals surface area contributed by atoms with Gasteiger partial charge >= 0.3 is 0 Å². The summed E-state index contributed by atoms with van der Waals surface area (Å²) in [4.78, 5) is 24.7. The van der Waals surface area contributed by atoms with E-state index in [4.69, 9.17) is 11.1 Å². The van der Waals surface area contributed by atoms with Crippen LogP contribution in [0.25, 0.3) is 0 Å². The molecule has 3 N–H and O–H groups in total. The van der Waals surface area contributed by atoms with Gasteiger partial charge in [-0.25, -0.2) is 0 Å². The number of hydrogen-bond donors (Lipinski definition) is 2. The fourth-order valence-corrected chi connectivity index (χ4v) is 6.90. The lowest BCUT2D eigenvalue weighted by molar-refractivity contribution is -0.137. The van der Waals surface area contributed by atoms with Gasteiger partial charge in [0.15, 0.2) is 5.78 Å². The van der Waals surface area contributed by atoms with Gasteiger partial charge in [-0.2, -0.15) is 0 Å². The molecule has 4 rings (SSSR count). The quantitative estimate of drug-likeness (QED) is 0.718. The zero-order valence-electron chi connectivity index (χ0n) is 15.3. The molecule has 5 atom stereocenters. The van der Waals surface area contributed by atoms with E-state index in [2.05, 4.69) is 13.5 Å². The first-order valence-corrected chi connectivity index (χ1v) is 9.42. The summed E-state index contributed by atoms with van der Waals surface area (Å²) in [6.45, 7) is 8.53. The van der Waals surface area contributed by atoms with Crippen molar-refractivity contribution in [1.82, 2.24) is 0 Å². The van der Waals surface area contributed by atoms with Gasteiger partial charge in [0, 0.05) is 35.4 Å². The molecule has 0 radical (unpaired) electrons. The lowest BCUT2D eigenvalue weighted by atomic mass is 9.38. The Bertz CT molecular complexity index is 753. The summed E-state index contributed by atoms with van der Waals surface area (Å²) in [5, 5.41) is 8.42. The highest BCUT2D eigenvalue weighted by Gasteiger charge is 2.72. The Hall–Kier alpha value is -1.55. The summed E-state index contributed by atoms with van der Waals surface area (Å²) < 4.78 is 0. The van der Waals surface area contributed by atoms with E-state index in [1.165, 1.54) is 0 Å². The highest BCUT2D eigenvalue weighted by Crippen LogP contribution is 2.70. The Balaban J connectivity index is 1.93. The van der Waals surface area contributed by atoms with Gasteiger partial charge in [0.05, 0.1) is 0 Å². The average molecular weight is 340 g/mol. The standard InChI is InChI=1S/C21H28N2O2/c1-13-11-20(12-22)16(18(2)7-4-14(24)10-15(13)18)5-8-19(3)17(25)6-9-21(19,20)23/h10,12,16,22H,1,4-9,11,23H2,2-3H3/t16-,18+,19?,20?,21+/m1/s1. The SMILES string of the molecule is C=C1CC2(C=N)[C@H](CCC3(C)C(=O)CC[C@]32N)[C@@]2(C)CCC(=O)C=C12. The lowest BCUT2D eigenvalue weighted by Crippen LogP contribution is -2.72. The zero-order valence-corrected chi connectivity index (χ0v) is 15.3. The van der Waals surface area contributed by atoms with Crippen molar-refractivity contribution in [3.05, 3.63) is 23.8 Å². The van der Waals surface area contributed by atoms with E-state index in [0.29, 0.717) is 25.7 Å². The summed E-state index contributed by atoms with van der Waals surface area (Å²) in [5.41, 5.74) is 7.09. The minimum absolute atomic E-state index is 0.176. The topological polar surface area (TPSA) is 84.0 Å². The highest BCUT2D eigenvalue weighted by molar-refractivity contribution is 5.94. The van der Waals surface area contributed by atoms with Crippen LogP contribution in [0.3, 0.4) is 0 Å². The molecule has 0 aliphatic heterocycles. The van der Waals surface area contributed by atoms with E-state index < -0.39 is 16.4 Å².